The van der Waals surface area contributed by atoms with E-state index in [1.807, 2.05) is 18.2 Å². The number of esters is 1. The number of carbonyl (C=O) groups is 1. The molecule has 3 aromatic rings. The van der Waals surface area contributed by atoms with Gasteiger partial charge < -0.3 is 9.47 Å². The minimum absolute atomic E-state index is 0.0232. The molecule has 0 radical (unpaired) electrons. The Morgan fingerprint density at radius 3 is 2.21 bits per heavy atom. The number of ether oxygens (including phenoxy) is 2. The molecular weight excluding hydrogens is 378 g/mol. The quantitative estimate of drug-likeness (QED) is 0.596. The van der Waals surface area contributed by atoms with Crippen LogP contribution in [0.15, 0.2) is 83.8 Å². The maximum atomic E-state index is 12.7. The fraction of sp³-hybridized carbons (Fsp3) is 0.0952. The van der Waals surface area contributed by atoms with Crippen LogP contribution in [0.4, 0.5) is 5.69 Å². The van der Waals surface area contributed by atoms with Gasteiger partial charge in [0.25, 0.3) is 10.0 Å². The molecule has 0 atom stereocenters. The monoisotopic (exact) mass is 397 g/mol. The van der Waals surface area contributed by atoms with Gasteiger partial charge in [0.1, 0.15) is 5.75 Å². The van der Waals surface area contributed by atoms with E-state index in [0.717, 1.165) is 0 Å². The van der Waals surface area contributed by atoms with Crippen molar-refractivity contribution in [3.05, 3.63) is 84.4 Å². The first kappa shape index (κ1) is 19.4. The number of carbonyl (C=O) groups excluding carboxylic acids is 1. The predicted molar refractivity (Wildman–Crippen MR) is 106 cm³/mol. The maximum absolute atomic E-state index is 12.7. The number of rotatable bonds is 7. The molecule has 0 fully saturated rings. The van der Waals surface area contributed by atoms with Crippen molar-refractivity contribution in [3.63, 3.8) is 0 Å². The van der Waals surface area contributed by atoms with Crippen molar-refractivity contribution in [2.24, 2.45) is 0 Å². The number of para-hydroxylation sites is 3. The number of hydrogen-bond donors (Lipinski definition) is 1. The van der Waals surface area contributed by atoms with E-state index in [9.17, 15) is 13.2 Å². The second-order valence-electron chi connectivity index (χ2n) is 5.76. The van der Waals surface area contributed by atoms with E-state index < -0.39 is 16.0 Å². The van der Waals surface area contributed by atoms with Crippen molar-refractivity contribution in [2.45, 2.75) is 11.8 Å². The highest BCUT2D eigenvalue weighted by atomic mass is 32.2. The number of anilines is 1. The van der Waals surface area contributed by atoms with Crippen LogP contribution >= 0.6 is 0 Å². The van der Waals surface area contributed by atoms with Crippen LogP contribution in [0.25, 0.3) is 0 Å². The van der Waals surface area contributed by atoms with E-state index in [4.69, 9.17) is 9.47 Å². The van der Waals surface area contributed by atoms with Crippen molar-refractivity contribution in [2.75, 3.05) is 11.3 Å². The average molecular weight is 397 g/mol. The van der Waals surface area contributed by atoms with Crippen molar-refractivity contribution in [3.8, 4) is 11.5 Å². The molecule has 3 rings (SSSR count). The summed E-state index contributed by atoms with van der Waals surface area (Å²) in [6, 6.07) is 21.4. The van der Waals surface area contributed by atoms with Gasteiger partial charge in [-0.05, 0) is 55.5 Å². The topological polar surface area (TPSA) is 81.7 Å². The van der Waals surface area contributed by atoms with Crippen molar-refractivity contribution in [1.29, 1.82) is 0 Å². The van der Waals surface area contributed by atoms with Gasteiger partial charge in [0.15, 0.2) is 5.75 Å². The van der Waals surface area contributed by atoms with E-state index in [1.54, 1.807) is 43.3 Å². The van der Waals surface area contributed by atoms with Crippen LogP contribution < -0.4 is 9.46 Å². The lowest BCUT2D eigenvalue weighted by atomic mass is 10.2. The largest absolute Gasteiger partial charge is 0.462 e. The fourth-order valence-electron chi connectivity index (χ4n) is 2.44. The van der Waals surface area contributed by atoms with Crippen molar-refractivity contribution < 1.29 is 22.7 Å². The molecule has 0 spiro atoms. The molecule has 1 N–H and O–H groups in total. The third-order valence-corrected chi connectivity index (χ3v) is 5.16. The Hall–Kier alpha value is -3.32. The van der Waals surface area contributed by atoms with Gasteiger partial charge in [-0.3, -0.25) is 4.72 Å². The first-order chi connectivity index (χ1) is 13.5. The normalized spacial score (nSPS) is 10.9. The van der Waals surface area contributed by atoms with Gasteiger partial charge in [-0.2, -0.15) is 0 Å². The summed E-state index contributed by atoms with van der Waals surface area (Å²) in [6.07, 6.45) is 0. The molecule has 6 nitrogen and oxygen atoms in total. The predicted octanol–water partition coefficient (Wildman–Crippen LogP) is 4.46. The number of benzene rings is 3. The van der Waals surface area contributed by atoms with Gasteiger partial charge >= 0.3 is 5.97 Å². The van der Waals surface area contributed by atoms with E-state index >= 15 is 0 Å². The summed E-state index contributed by atoms with van der Waals surface area (Å²) in [5, 5.41) is 0. The molecule has 0 saturated heterocycles. The lowest BCUT2D eigenvalue weighted by Crippen LogP contribution is -2.14. The Morgan fingerprint density at radius 2 is 1.54 bits per heavy atom. The van der Waals surface area contributed by atoms with Crippen molar-refractivity contribution in [1.82, 2.24) is 0 Å². The van der Waals surface area contributed by atoms with E-state index in [2.05, 4.69) is 4.72 Å². The fourth-order valence-corrected chi connectivity index (χ4v) is 3.51. The van der Waals surface area contributed by atoms with Crippen molar-refractivity contribution >= 4 is 21.7 Å². The third kappa shape index (κ3) is 4.69. The molecule has 0 aromatic heterocycles. The molecule has 0 aliphatic rings. The van der Waals surface area contributed by atoms with E-state index in [0.29, 0.717) is 17.2 Å². The molecule has 0 heterocycles. The zero-order chi connectivity index (χ0) is 20.0. The first-order valence-corrected chi connectivity index (χ1v) is 10.1. The number of nitrogens with one attached hydrogen (secondary N) is 1. The summed E-state index contributed by atoms with van der Waals surface area (Å²) in [7, 11) is -3.86. The molecule has 0 aliphatic heterocycles. The van der Waals surface area contributed by atoms with Crippen LogP contribution in [0.5, 0.6) is 11.5 Å². The van der Waals surface area contributed by atoms with Gasteiger partial charge in [-0.25, -0.2) is 13.2 Å². The second kappa shape index (κ2) is 8.58. The van der Waals surface area contributed by atoms with Gasteiger partial charge in [0.2, 0.25) is 0 Å². The minimum atomic E-state index is -3.86. The summed E-state index contributed by atoms with van der Waals surface area (Å²) in [4.78, 5) is 11.7. The molecule has 0 amide bonds. The van der Waals surface area contributed by atoms with Gasteiger partial charge in [-0.15, -0.1) is 0 Å². The zero-order valence-electron chi connectivity index (χ0n) is 15.2. The highest BCUT2D eigenvalue weighted by Gasteiger charge is 2.18. The third-order valence-electron chi connectivity index (χ3n) is 3.78. The van der Waals surface area contributed by atoms with E-state index in [-0.39, 0.29) is 17.1 Å². The van der Waals surface area contributed by atoms with Crippen LogP contribution in [-0.4, -0.2) is 21.0 Å². The lowest BCUT2D eigenvalue weighted by molar-refractivity contribution is 0.0526. The van der Waals surface area contributed by atoms with Crippen LogP contribution in [0, 0.1) is 0 Å². The molecule has 3 aromatic carbocycles. The molecule has 7 heteroatoms. The highest BCUT2D eigenvalue weighted by Crippen LogP contribution is 2.30. The summed E-state index contributed by atoms with van der Waals surface area (Å²) < 4.78 is 38.7. The lowest BCUT2D eigenvalue weighted by Gasteiger charge is -2.13. The molecule has 0 unspecified atom stereocenters. The molecule has 0 saturated carbocycles. The van der Waals surface area contributed by atoms with Crippen LogP contribution in [0.1, 0.15) is 17.3 Å². The van der Waals surface area contributed by atoms with Crippen LogP contribution in [0.2, 0.25) is 0 Å². The number of sulfonamides is 1. The average Bonchev–Trinajstić information content (AvgIpc) is 2.70. The Morgan fingerprint density at radius 1 is 0.893 bits per heavy atom. The SMILES string of the molecule is CCOC(=O)c1ccc(S(=O)(=O)Nc2ccccc2Oc2ccccc2)cc1. The summed E-state index contributed by atoms with van der Waals surface area (Å²) in [5.41, 5.74) is 0.592. The summed E-state index contributed by atoms with van der Waals surface area (Å²) >= 11 is 0. The molecule has 28 heavy (non-hydrogen) atoms. The zero-order valence-corrected chi connectivity index (χ0v) is 16.0. The van der Waals surface area contributed by atoms with Crippen LogP contribution in [-0.2, 0) is 14.8 Å². The molecule has 144 valence electrons. The molecular formula is C21H19NO5S. The Labute approximate surface area is 163 Å². The Bertz CT molecular complexity index is 1050. The van der Waals surface area contributed by atoms with Gasteiger partial charge in [0, 0.05) is 0 Å². The molecule has 0 bridgehead atoms. The van der Waals surface area contributed by atoms with Gasteiger partial charge in [-0.1, -0.05) is 30.3 Å². The highest BCUT2D eigenvalue weighted by molar-refractivity contribution is 7.92. The molecule has 0 aliphatic carbocycles. The van der Waals surface area contributed by atoms with E-state index in [1.165, 1.54) is 24.3 Å². The standard InChI is InChI=1S/C21H19NO5S/c1-2-26-21(23)16-12-14-18(15-13-16)28(24,25)22-19-10-6-7-11-20(19)27-17-8-4-3-5-9-17/h3-15,22H,2H2,1H3. The van der Waals surface area contributed by atoms with Crippen LogP contribution in [0.3, 0.4) is 0 Å². The summed E-state index contributed by atoms with van der Waals surface area (Å²) in [5.74, 6) is 0.467. The first-order valence-electron chi connectivity index (χ1n) is 8.61. The Balaban J connectivity index is 1.82. The minimum Gasteiger partial charge on any atom is -0.462 e. The van der Waals surface area contributed by atoms with Gasteiger partial charge in [0.05, 0.1) is 22.8 Å². The maximum Gasteiger partial charge on any atom is 0.338 e. The smallest absolute Gasteiger partial charge is 0.338 e. The summed E-state index contributed by atoms with van der Waals surface area (Å²) in [6.45, 7) is 1.95. The number of hydrogen-bond acceptors (Lipinski definition) is 5. The second-order valence-corrected chi connectivity index (χ2v) is 7.44. The Kier molecular flexibility index (Phi) is 5.96.